The van der Waals surface area contributed by atoms with Crippen molar-refractivity contribution in [1.82, 2.24) is 5.32 Å². The number of nitrogens with zero attached hydrogens (tertiary/aromatic N) is 1. The van der Waals surface area contributed by atoms with E-state index in [9.17, 15) is 14.9 Å². The number of nitrogens with two attached hydrogens (primary N) is 1. The smallest absolute Gasteiger partial charge is 0.270 e. The van der Waals surface area contributed by atoms with Gasteiger partial charge in [0.15, 0.2) is 6.10 Å². The van der Waals surface area contributed by atoms with Crippen molar-refractivity contribution in [3.8, 4) is 5.75 Å². The first-order valence-corrected chi connectivity index (χ1v) is 5.91. The van der Waals surface area contributed by atoms with Crippen LogP contribution in [0, 0.1) is 10.1 Å². The Balaban J connectivity index is 2.89. The molecule has 0 aliphatic heterocycles. The first-order chi connectivity index (χ1) is 8.99. The molecule has 0 radical (unpaired) electrons. The van der Waals surface area contributed by atoms with Crippen LogP contribution in [0.2, 0.25) is 0 Å². The zero-order valence-corrected chi connectivity index (χ0v) is 10.9. The number of rotatable bonds is 6. The molecule has 0 saturated carbocycles. The summed E-state index contributed by atoms with van der Waals surface area (Å²) in [7, 11) is 0. The lowest BCUT2D eigenvalue weighted by Gasteiger charge is -2.16. The third-order valence-electron chi connectivity index (χ3n) is 2.50. The molecule has 0 bridgehead atoms. The molecule has 0 saturated heterocycles. The Labute approximate surface area is 110 Å². The van der Waals surface area contributed by atoms with E-state index in [2.05, 4.69) is 5.32 Å². The fraction of sp³-hybridized carbons (Fsp3) is 0.417. The maximum Gasteiger partial charge on any atom is 0.270 e. The highest BCUT2D eigenvalue weighted by atomic mass is 16.6. The zero-order chi connectivity index (χ0) is 14.4. The lowest BCUT2D eigenvalue weighted by Crippen LogP contribution is -2.36. The Morgan fingerprint density at radius 3 is 2.79 bits per heavy atom. The van der Waals surface area contributed by atoms with Crippen molar-refractivity contribution < 1.29 is 14.5 Å². The standard InChI is InChI=1S/C12H17N3O4/c1-3-14-12(16)8(2)19-11-5-4-10(15(17)18)6-9(11)7-13/h4-6,8H,3,7,13H2,1-2H3,(H,14,16). The molecule has 0 aromatic heterocycles. The lowest BCUT2D eigenvalue weighted by atomic mass is 10.1. The molecule has 7 nitrogen and oxygen atoms in total. The van der Waals surface area contributed by atoms with Gasteiger partial charge in [0.25, 0.3) is 11.6 Å². The second-order valence-corrected chi connectivity index (χ2v) is 3.91. The highest BCUT2D eigenvalue weighted by Crippen LogP contribution is 2.24. The van der Waals surface area contributed by atoms with Crippen LogP contribution in [0.3, 0.4) is 0 Å². The van der Waals surface area contributed by atoms with Crippen LogP contribution in [0.4, 0.5) is 5.69 Å². The van der Waals surface area contributed by atoms with Gasteiger partial charge >= 0.3 is 0 Å². The summed E-state index contributed by atoms with van der Waals surface area (Å²) in [4.78, 5) is 21.7. The number of non-ortho nitro benzene ring substituents is 1. The largest absolute Gasteiger partial charge is 0.481 e. The summed E-state index contributed by atoms with van der Waals surface area (Å²) in [6.45, 7) is 4.02. The van der Waals surface area contributed by atoms with Crippen molar-refractivity contribution in [3.63, 3.8) is 0 Å². The number of ether oxygens (including phenoxy) is 1. The summed E-state index contributed by atoms with van der Waals surface area (Å²) in [5, 5.41) is 13.3. The third kappa shape index (κ3) is 3.92. The van der Waals surface area contributed by atoms with Gasteiger partial charge in [-0.3, -0.25) is 14.9 Å². The average molecular weight is 267 g/mol. The fourth-order valence-corrected chi connectivity index (χ4v) is 1.52. The van der Waals surface area contributed by atoms with Crippen LogP contribution in [-0.2, 0) is 11.3 Å². The van der Waals surface area contributed by atoms with Crippen LogP contribution >= 0.6 is 0 Å². The fourth-order valence-electron chi connectivity index (χ4n) is 1.52. The predicted octanol–water partition coefficient (Wildman–Crippen LogP) is 0.957. The molecule has 0 aliphatic rings. The number of benzene rings is 1. The van der Waals surface area contributed by atoms with E-state index in [0.717, 1.165) is 0 Å². The lowest BCUT2D eigenvalue weighted by molar-refractivity contribution is -0.384. The van der Waals surface area contributed by atoms with Gasteiger partial charge in [-0.25, -0.2) is 0 Å². The molecule has 0 aliphatic carbocycles. The van der Waals surface area contributed by atoms with Crippen molar-refractivity contribution in [2.75, 3.05) is 6.54 Å². The molecule has 1 aromatic rings. The Bertz CT molecular complexity index is 476. The second-order valence-electron chi connectivity index (χ2n) is 3.91. The summed E-state index contributed by atoms with van der Waals surface area (Å²) in [5.41, 5.74) is 5.96. The van der Waals surface area contributed by atoms with Gasteiger partial charge in [-0.15, -0.1) is 0 Å². The third-order valence-corrected chi connectivity index (χ3v) is 2.50. The summed E-state index contributed by atoms with van der Waals surface area (Å²) in [6.07, 6.45) is -0.688. The van der Waals surface area contributed by atoms with Crippen LogP contribution in [0.15, 0.2) is 18.2 Å². The SMILES string of the molecule is CCNC(=O)C(C)Oc1ccc([N+](=O)[O-])cc1CN. The minimum absolute atomic E-state index is 0.0570. The van der Waals surface area contributed by atoms with Gasteiger partial charge < -0.3 is 15.8 Å². The van der Waals surface area contributed by atoms with Gasteiger partial charge in [0.05, 0.1) is 4.92 Å². The van der Waals surface area contributed by atoms with E-state index in [1.807, 2.05) is 6.92 Å². The molecule has 1 unspecified atom stereocenters. The molecule has 1 rings (SSSR count). The Kier molecular flexibility index (Phi) is 5.25. The number of amides is 1. The first-order valence-electron chi connectivity index (χ1n) is 5.91. The number of hydrogen-bond acceptors (Lipinski definition) is 5. The number of nitrogens with one attached hydrogen (secondary N) is 1. The Morgan fingerprint density at radius 1 is 1.58 bits per heavy atom. The van der Waals surface area contributed by atoms with Crippen molar-refractivity contribution in [1.29, 1.82) is 0 Å². The molecular formula is C12H17N3O4. The van der Waals surface area contributed by atoms with E-state index in [0.29, 0.717) is 17.9 Å². The molecule has 1 amide bonds. The van der Waals surface area contributed by atoms with Gasteiger partial charge in [-0.05, 0) is 19.9 Å². The van der Waals surface area contributed by atoms with Gasteiger partial charge in [0.2, 0.25) is 0 Å². The first kappa shape index (κ1) is 14.9. The number of hydrogen-bond donors (Lipinski definition) is 2. The van der Waals surface area contributed by atoms with Gasteiger partial charge in [0, 0.05) is 30.8 Å². The van der Waals surface area contributed by atoms with Gasteiger partial charge in [-0.1, -0.05) is 0 Å². The molecule has 0 fully saturated rings. The van der Waals surface area contributed by atoms with Crippen LogP contribution in [0.1, 0.15) is 19.4 Å². The maximum absolute atomic E-state index is 11.5. The zero-order valence-electron chi connectivity index (χ0n) is 10.9. The molecule has 0 spiro atoms. The summed E-state index contributed by atoms with van der Waals surface area (Å²) >= 11 is 0. The van der Waals surface area contributed by atoms with E-state index < -0.39 is 11.0 Å². The summed E-state index contributed by atoms with van der Waals surface area (Å²) in [5.74, 6) is 0.135. The second kappa shape index (κ2) is 6.69. The monoisotopic (exact) mass is 267 g/mol. The van der Waals surface area contributed by atoms with Crippen molar-refractivity contribution in [2.24, 2.45) is 5.73 Å². The Morgan fingerprint density at radius 2 is 2.26 bits per heavy atom. The quantitative estimate of drug-likeness (QED) is 0.589. The molecule has 19 heavy (non-hydrogen) atoms. The highest BCUT2D eigenvalue weighted by molar-refractivity contribution is 5.80. The molecule has 1 aromatic carbocycles. The minimum atomic E-state index is -0.688. The number of carbonyl (C=O) groups excluding carboxylic acids is 1. The van der Waals surface area contributed by atoms with Crippen molar-refractivity contribution in [2.45, 2.75) is 26.5 Å². The maximum atomic E-state index is 11.5. The minimum Gasteiger partial charge on any atom is -0.481 e. The molecule has 7 heteroatoms. The number of nitro groups is 1. The highest BCUT2D eigenvalue weighted by Gasteiger charge is 2.17. The average Bonchev–Trinajstić information content (AvgIpc) is 2.39. The van der Waals surface area contributed by atoms with E-state index >= 15 is 0 Å². The topological polar surface area (TPSA) is 107 Å². The van der Waals surface area contributed by atoms with Crippen molar-refractivity contribution in [3.05, 3.63) is 33.9 Å². The van der Waals surface area contributed by atoms with Crippen LogP contribution in [0.25, 0.3) is 0 Å². The van der Waals surface area contributed by atoms with Gasteiger partial charge in [0.1, 0.15) is 5.75 Å². The Hall–Kier alpha value is -2.15. The molecule has 0 heterocycles. The number of likely N-dealkylation sites (N-methyl/N-ethyl adjacent to an activating group) is 1. The normalized spacial score (nSPS) is 11.7. The predicted molar refractivity (Wildman–Crippen MR) is 69.8 cm³/mol. The van der Waals surface area contributed by atoms with E-state index in [4.69, 9.17) is 10.5 Å². The van der Waals surface area contributed by atoms with E-state index in [-0.39, 0.29) is 18.1 Å². The van der Waals surface area contributed by atoms with Crippen molar-refractivity contribution >= 4 is 11.6 Å². The van der Waals surface area contributed by atoms with E-state index in [1.54, 1.807) is 6.92 Å². The molecule has 104 valence electrons. The van der Waals surface area contributed by atoms with E-state index in [1.165, 1.54) is 18.2 Å². The summed E-state index contributed by atoms with van der Waals surface area (Å²) in [6, 6.07) is 4.12. The van der Waals surface area contributed by atoms with Crippen LogP contribution in [0.5, 0.6) is 5.75 Å². The number of carbonyl (C=O) groups is 1. The van der Waals surface area contributed by atoms with Gasteiger partial charge in [-0.2, -0.15) is 0 Å². The summed E-state index contributed by atoms with van der Waals surface area (Å²) < 4.78 is 5.47. The van der Waals surface area contributed by atoms with Crippen LogP contribution < -0.4 is 15.8 Å². The molecule has 3 N–H and O–H groups in total. The number of nitro benzene ring substituents is 1. The molecular weight excluding hydrogens is 250 g/mol. The molecule has 1 atom stereocenters. The van der Waals surface area contributed by atoms with Crippen LogP contribution in [-0.4, -0.2) is 23.5 Å².